The topological polar surface area (TPSA) is 86.3 Å². The van der Waals surface area contributed by atoms with Gasteiger partial charge >= 0.3 is 0 Å². The Morgan fingerprint density at radius 3 is 2.50 bits per heavy atom. The molecular weight excluding hydrogens is 274 g/mol. The first kappa shape index (κ1) is 15.0. The maximum atomic E-state index is 11.9. The summed E-state index contributed by atoms with van der Waals surface area (Å²) in [7, 11) is -3.82. The van der Waals surface area contributed by atoms with Gasteiger partial charge in [-0.05, 0) is 30.6 Å². The van der Waals surface area contributed by atoms with Gasteiger partial charge in [0.1, 0.15) is 0 Å². The highest BCUT2D eigenvalue weighted by Crippen LogP contribution is 2.09. The maximum absolute atomic E-state index is 11.9. The Bertz CT molecular complexity index is 487. The van der Waals surface area contributed by atoms with Crippen molar-refractivity contribution in [2.75, 3.05) is 12.0 Å². The molecule has 0 amide bonds. The van der Waals surface area contributed by atoms with Crippen LogP contribution >= 0.6 is 11.8 Å². The molecule has 1 atom stereocenters. The summed E-state index contributed by atoms with van der Waals surface area (Å²) in [5.41, 5.74) is 0. The van der Waals surface area contributed by atoms with Crippen molar-refractivity contribution in [3.63, 3.8) is 0 Å². The highest BCUT2D eigenvalue weighted by atomic mass is 32.2. The van der Waals surface area contributed by atoms with Crippen LogP contribution in [0.4, 0.5) is 0 Å². The minimum atomic E-state index is -3.82. The Labute approximate surface area is 111 Å². The Morgan fingerprint density at radius 2 is 2.00 bits per heavy atom. The first-order valence-corrected chi connectivity index (χ1v) is 8.12. The third-order valence-corrected chi connectivity index (χ3v) is 4.38. The molecule has 0 fully saturated rings. The molecule has 1 N–H and O–H groups in total. The van der Waals surface area contributed by atoms with Crippen LogP contribution in [0, 0.1) is 0 Å². The van der Waals surface area contributed by atoms with Crippen molar-refractivity contribution in [1.82, 2.24) is 4.72 Å². The Morgan fingerprint density at radius 1 is 1.39 bits per heavy atom. The van der Waals surface area contributed by atoms with Crippen LogP contribution in [0.1, 0.15) is 6.42 Å². The molecule has 1 rings (SSSR count). The van der Waals surface area contributed by atoms with E-state index in [9.17, 15) is 18.3 Å². The summed E-state index contributed by atoms with van der Waals surface area (Å²) >= 11 is 1.44. The quantitative estimate of drug-likeness (QED) is 0.753. The molecular formula is C11H14NO4S2-. The van der Waals surface area contributed by atoms with Gasteiger partial charge in [-0.15, -0.1) is 0 Å². The number of hydrogen-bond donors (Lipinski definition) is 1. The second-order valence-electron chi connectivity index (χ2n) is 3.59. The van der Waals surface area contributed by atoms with Crippen LogP contribution in [0.15, 0.2) is 35.2 Å². The van der Waals surface area contributed by atoms with Gasteiger partial charge in [-0.25, -0.2) is 13.1 Å². The van der Waals surface area contributed by atoms with Crippen molar-refractivity contribution in [2.45, 2.75) is 17.4 Å². The molecule has 0 radical (unpaired) electrons. The molecule has 7 heteroatoms. The van der Waals surface area contributed by atoms with Crippen LogP contribution in [0.25, 0.3) is 0 Å². The average molecular weight is 288 g/mol. The number of hydrogen-bond acceptors (Lipinski definition) is 5. The summed E-state index contributed by atoms with van der Waals surface area (Å²) in [4.78, 5) is 10.9. The summed E-state index contributed by atoms with van der Waals surface area (Å²) in [6.07, 6.45) is 2.01. The molecule has 0 aliphatic heterocycles. The van der Waals surface area contributed by atoms with Gasteiger partial charge in [-0.3, -0.25) is 0 Å². The standard InChI is InChI=1S/C11H15NO4S2/c1-17-8-7-10(11(13)14)12-18(15,16)9-5-3-2-4-6-9/h2-6,10,12H,7-8H2,1H3,(H,13,14)/p-1/t10-/m1/s1. The molecule has 18 heavy (non-hydrogen) atoms. The van der Waals surface area contributed by atoms with Crippen molar-refractivity contribution in [3.8, 4) is 0 Å². The predicted molar refractivity (Wildman–Crippen MR) is 68.6 cm³/mol. The fourth-order valence-corrected chi connectivity index (χ4v) is 3.03. The zero-order valence-corrected chi connectivity index (χ0v) is 11.5. The lowest BCUT2D eigenvalue weighted by molar-refractivity contribution is -0.308. The number of sulfonamides is 1. The molecule has 0 spiro atoms. The smallest absolute Gasteiger partial charge is 0.241 e. The lowest BCUT2D eigenvalue weighted by Gasteiger charge is -2.19. The predicted octanol–water partition coefficient (Wildman–Crippen LogP) is -0.163. The average Bonchev–Trinajstić information content (AvgIpc) is 2.35. The van der Waals surface area contributed by atoms with E-state index in [2.05, 4.69) is 4.72 Å². The molecule has 0 heterocycles. The molecule has 0 unspecified atom stereocenters. The SMILES string of the molecule is CSCC[C@@H](NS(=O)(=O)c1ccccc1)C(=O)[O-]. The summed E-state index contributed by atoms with van der Waals surface area (Å²) in [5.74, 6) is -0.876. The molecule has 100 valence electrons. The zero-order valence-electron chi connectivity index (χ0n) is 9.83. The molecule has 0 aromatic heterocycles. The molecule has 0 bridgehead atoms. The van der Waals surface area contributed by atoms with E-state index in [0.717, 1.165) is 0 Å². The number of thioether (sulfide) groups is 1. The zero-order chi connectivity index (χ0) is 13.6. The second-order valence-corrected chi connectivity index (χ2v) is 6.29. The monoisotopic (exact) mass is 288 g/mol. The summed E-state index contributed by atoms with van der Waals surface area (Å²) in [6.45, 7) is 0. The summed E-state index contributed by atoms with van der Waals surface area (Å²) in [5, 5.41) is 10.9. The molecule has 1 aromatic rings. The third kappa shape index (κ3) is 4.32. The van der Waals surface area contributed by atoms with E-state index in [0.29, 0.717) is 5.75 Å². The van der Waals surface area contributed by atoms with Crippen molar-refractivity contribution in [3.05, 3.63) is 30.3 Å². The van der Waals surface area contributed by atoms with Crippen molar-refractivity contribution >= 4 is 27.8 Å². The number of aliphatic carboxylic acids is 1. The number of nitrogens with one attached hydrogen (secondary N) is 1. The van der Waals surface area contributed by atoms with Crippen molar-refractivity contribution < 1.29 is 18.3 Å². The van der Waals surface area contributed by atoms with Crippen LogP contribution in [0.5, 0.6) is 0 Å². The van der Waals surface area contributed by atoms with Crippen molar-refractivity contribution in [1.29, 1.82) is 0 Å². The number of carbonyl (C=O) groups is 1. The highest BCUT2D eigenvalue weighted by molar-refractivity contribution is 7.98. The first-order valence-electron chi connectivity index (χ1n) is 5.24. The number of benzene rings is 1. The maximum Gasteiger partial charge on any atom is 0.241 e. The van der Waals surface area contributed by atoms with Gasteiger partial charge in [-0.1, -0.05) is 18.2 Å². The Kier molecular flexibility index (Phi) is 5.64. The van der Waals surface area contributed by atoms with Crippen molar-refractivity contribution in [2.24, 2.45) is 0 Å². The fourth-order valence-electron chi connectivity index (χ4n) is 1.32. The van der Waals surface area contributed by atoms with Gasteiger partial charge in [0.15, 0.2) is 0 Å². The number of carbonyl (C=O) groups excluding carboxylic acids is 1. The molecule has 0 saturated carbocycles. The van der Waals surface area contributed by atoms with E-state index < -0.39 is 22.0 Å². The molecule has 0 saturated heterocycles. The lowest BCUT2D eigenvalue weighted by Crippen LogP contribution is -2.48. The molecule has 5 nitrogen and oxygen atoms in total. The molecule has 0 aliphatic carbocycles. The van der Waals surface area contributed by atoms with Gasteiger partial charge in [0, 0.05) is 0 Å². The third-order valence-electron chi connectivity index (χ3n) is 2.25. The van der Waals surface area contributed by atoms with Crippen LogP contribution in [0.2, 0.25) is 0 Å². The second kappa shape index (κ2) is 6.77. The van der Waals surface area contributed by atoms with Gasteiger partial charge < -0.3 is 9.90 Å². The minimum absolute atomic E-state index is 0.0420. The number of carboxylic acid groups (broad SMARTS) is 1. The minimum Gasteiger partial charge on any atom is -0.548 e. The summed E-state index contributed by atoms with van der Waals surface area (Å²) < 4.78 is 25.9. The highest BCUT2D eigenvalue weighted by Gasteiger charge is 2.20. The van der Waals surface area contributed by atoms with E-state index in [-0.39, 0.29) is 11.3 Å². The number of rotatable bonds is 7. The molecule has 1 aromatic carbocycles. The Balaban J connectivity index is 2.83. The largest absolute Gasteiger partial charge is 0.548 e. The van der Waals surface area contributed by atoms with E-state index in [1.54, 1.807) is 18.2 Å². The van der Waals surface area contributed by atoms with Gasteiger partial charge in [0.05, 0.1) is 16.9 Å². The van der Waals surface area contributed by atoms with Gasteiger partial charge in [0.25, 0.3) is 0 Å². The van der Waals surface area contributed by atoms with E-state index in [1.807, 2.05) is 6.26 Å². The summed E-state index contributed by atoms with van der Waals surface area (Å²) in [6, 6.07) is 6.44. The van der Waals surface area contributed by atoms with Crippen LogP contribution in [-0.2, 0) is 14.8 Å². The molecule has 0 aliphatic rings. The van der Waals surface area contributed by atoms with E-state index >= 15 is 0 Å². The normalized spacial score (nSPS) is 13.2. The van der Waals surface area contributed by atoms with Crippen LogP contribution < -0.4 is 9.83 Å². The van der Waals surface area contributed by atoms with E-state index in [4.69, 9.17) is 0 Å². The first-order chi connectivity index (χ1) is 8.47. The van der Waals surface area contributed by atoms with E-state index in [1.165, 1.54) is 23.9 Å². The van der Waals surface area contributed by atoms with Gasteiger partial charge in [0.2, 0.25) is 10.0 Å². The van der Waals surface area contributed by atoms with Crippen LogP contribution in [-0.4, -0.2) is 32.4 Å². The number of carboxylic acids is 1. The van der Waals surface area contributed by atoms with Gasteiger partial charge in [-0.2, -0.15) is 11.8 Å². The lowest BCUT2D eigenvalue weighted by atomic mass is 10.2. The van der Waals surface area contributed by atoms with Crippen LogP contribution in [0.3, 0.4) is 0 Å². The fraction of sp³-hybridized carbons (Fsp3) is 0.364. The Hall–Kier alpha value is -1.05.